The Kier molecular flexibility index (Phi) is 10.1. The molecule has 1 saturated heterocycles. The number of halogens is 1. The maximum Gasteiger partial charge on any atom is 0.409 e. The molecule has 0 aliphatic carbocycles. The summed E-state index contributed by atoms with van der Waals surface area (Å²) in [4.78, 5) is 25.0. The van der Waals surface area contributed by atoms with Gasteiger partial charge in [0.25, 0.3) is 0 Å². The van der Waals surface area contributed by atoms with Crippen LogP contribution in [0.15, 0.2) is 41.7 Å². The van der Waals surface area contributed by atoms with E-state index in [9.17, 15) is 4.79 Å². The predicted molar refractivity (Wildman–Crippen MR) is 133 cm³/mol. The fraction of sp³-hybridized carbons (Fsp3) is 0.500. The van der Waals surface area contributed by atoms with Gasteiger partial charge in [0.2, 0.25) is 0 Å². The second-order valence-electron chi connectivity index (χ2n) is 7.27. The summed E-state index contributed by atoms with van der Waals surface area (Å²) in [6.45, 7) is 11.3. The van der Waals surface area contributed by atoms with E-state index in [1.807, 2.05) is 26.2 Å². The fourth-order valence-electron chi connectivity index (χ4n) is 3.50. The molecule has 1 aliphatic rings. The highest BCUT2D eigenvalue weighted by Gasteiger charge is 2.23. The number of nitrogens with zero attached hydrogens (tertiary/aromatic N) is 5. The number of hydrogen-bond acceptors (Lipinski definition) is 4. The first-order chi connectivity index (χ1) is 14.6. The van der Waals surface area contributed by atoms with Gasteiger partial charge in [-0.15, -0.1) is 24.0 Å². The van der Waals surface area contributed by atoms with Crippen molar-refractivity contribution in [2.75, 3.05) is 39.3 Å². The van der Waals surface area contributed by atoms with Crippen molar-refractivity contribution in [3.8, 4) is 0 Å². The van der Waals surface area contributed by atoms with Crippen LogP contribution >= 0.6 is 24.0 Å². The third-order valence-corrected chi connectivity index (χ3v) is 5.12. The van der Waals surface area contributed by atoms with Crippen LogP contribution in [0.25, 0.3) is 0 Å². The molecule has 0 unspecified atom stereocenters. The summed E-state index contributed by atoms with van der Waals surface area (Å²) in [6.07, 6.45) is 3.59. The van der Waals surface area contributed by atoms with Crippen LogP contribution in [0.1, 0.15) is 30.8 Å². The molecule has 9 heteroatoms. The molecule has 0 atom stereocenters. The van der Waals surface area contributed by atoms with Gasteiger partial charge in [-0.2, -0.15) is 0 Å². The molecule has 2 aromatic rings. The van der Waals surface area contributed by atoms with Crippen LogP contribution in [0.3, 0.4) is 0 Å². The lowest BCUT2D eigenvalue weighted by atomic mass is 10.1. The molecule has 1 amide bonds. The first-order valence-electron chi connectivity index (χ1n) is 10.6. The first-order valence-corrected chi connectivity index (χ1v) is 10.6. The van der Waals surface area contributed by atoms with Gasteiger partial charge in [0, 0.05) is 51.7 Å². The second kappa shape index (κ2) is 12.5. The van der Waals surface area contributed by atoms with Gasteiger partial charge < -0.3 is 24.4 Å². The first kappa shape index (κ1) is 25.0. The van der Waals surface area contributed by atoms with E-state index < -0.39 is 0 Å². The molecule has 0 bridgehead atoms. The summed E-state index contributed by atoms with van der Waals surface area (Å²) < 4.78 is 7.24. The average Bonchev–Trinajstić information content (AvgIpc) is 3.16. The number of ether oxygens (including phenoxy) is 1. The van der Waals surface area contributed by atoms with Crippen LogP contribution in [-0.2, 0) is 17.8 Å². The minimum atomic E-state index is -0.232. The third kappa shape index (κ3) is 7.12. The number of carbonyl (C=O) groups excluding carboxylic acids is 1. The van der Waals surface area contributed by atoms with Crippen LogP contribution in [-0.4, -0.2) is 70.7 Å². The van der Waals surface area contributed by atoms with Gasteiger partial charge in [-0.1, -0.05) is 24.3 Å². The molecule has 8 nitrogen and oxygen atoms in total. The van der Waals surface area contributed by atoms with Gasteiger partial charge >= 0.3 is 6.09 Å². The number of aliphatic imine (C=N–C) groups is 1. The van der Waals surface area contributed by atoms with Crippen molar-refractivity contribution in [1.29, 1.82) is 0 Å². The summed E-state index contributed by atoms with van der Waals surface area (Å²) in [5, 5.41) is 3.38. The number of aryl methyl sites for hydroxylation is 1. The molecule has 170 valence electrons. The molecule has 1 aromatic carbocycles. The molecule has 1 aliphatic heterocycles. The van der Waals surface area contributed by atoms with E-state index in [1.165, 1.54) is 11.1 Å². The molecule has 0 saturated carbocycles. The molecule has 3 rings (SSSR count). The van der Waals surface area contributed by atoms with Gasteiger partial charge in [-0.25, -0.2) is 14.8 Å². The Morgan fingerprint density at radius 2 is 1.87 bits per heavy atom. The van der Waals surface area contributed by atoms with E-state index in [-0.39, 0.29) is 30.1 Å². The molecule has 1 aromatic heterocycles. The number of imidazole rings is 1. The van der Waals surface area contributed by atoms with Crippen LogP contribution in [0, 0.1) is 6.92 Å². The van der Waals surface area contributed by atoms with Crippen molar-refractivity contribution >= 4 is 36.0 Å². The minimum absolute atomic E-state index is 0. The summed E-state index contributed by atoms with van der Waals surface area (Å²) in [7, 11) is 0. The van der Waals surface area contributed by atoms with Crippen molar-refractivity contribution in [1.82, 2.24) is 24.7 Å². The van der Waals surface area contributed by atoms with Crippen molar-refractivity contribution in [3.63, 3.8) is 0 Å². The highest BCUT2D eigenvalue weighted by Crippen LogP contribution is 2.11. The summed E-state index contributed by atoms with van der Waals surface area (Å²) in [5.74, 6) is 1.90. The third-order valence-electron chi connectivity index (χ3n) is 5.12. The number of aromatic nitrogens is 2. The van der Waals surface area contributed by atoms with Gasteiger partial charge in [0.05, 0.1) is 13.2 Å². The van der Waals surface area contributed by atoms with E-state index in [0.29, 0.717) is 26.2 Å². The van der Waals surface area contributed by atoms with E-state index >= 15 is 0 Å². The largest absolute Gasteiger partial charge is 0.450 e. The summed E-state index contributed by atoms with van der Waals surface area (Å²) in [5.41, 5.74) is 2.41. The Hall–Kier alpha value is -2.30. The zero-order chi connectivity index (χ0) is 21.3. The molecule has 0 spiro atoms. The van der Waals surface area contributed by atoms with Gasteiger partial charge in [-0.3, -0.25) is 0 Å². The van der Waals surface area contributed by atoms with Gasteiger partial charge in [0.1, 0.15) is 5.82 Å². The Morgan fingerprint density at radius 3 is 2.52 bits per heavy atom. The normalized spacial score (nSPS) is 14.2. The van der Waals surface area contributed by atoms with Crippen LogP contribution in [0.2, 0.25) is 0 Å². The van der Waals surface area contributed by atoms with Gasteiger partial charge in [-0.05, 0) is 31.9 Å². The number of amides is 1. The van der Waals surface area contributed by atoms with Gasteiger partial charge in [0.15, 0.2) is 5.96 Å². The number of nitrogens with one attached hydrogen (secondary N) is 1. The van der Waals surface area contributed by atoms with Crippen molar-refractivity contribution in [2.24, 2.45) is 4.99 Å². The highest BCUT2D eigenvalue weighted by molar-refractivity contribution is 14.0. The number of benzene rings is 1. The lowest BCUT2D eigenvalue weighted by Crippen LogP contribution is -2.53. The minimum Gasteiger partial charge on any atom is -0.450 e. The SMILES string of the molecule is CCNC(=NCc1cccc(Cn2ccnc2C)c1)N1CCN(C(=O)OCC)CC1.I. The predicted octanol–water partition coefficient (Wildman–Crippen LogP) is 3.10. The smallest absolute Gasteiger partial charge is 0.409 e. The topological polar surface area (TPSA) is 75.0 Å². The van der Waals surface area contributed by atoms with Crippen molar-refractivity contribution < 1.29 is 9.53 Å². The standard InChI is InChI=1S/C22H32N6O2.HI/c1-4-23-21(26-11-13-27(14-12-26)22(29)30-5-2)25-16-19-7-6-8-20(15-19)17-28-10-9-24-18(28)3;/h6-10,15H,4-5,11-14,16-17H2,1-3H3,(H,23,25);1H. The Balaban J connectivity index is 0.00000341. The zero-order valence-electron chi connectivity index (χ0n) is 18.6. The average molecular weight is 540 g/mol. The zero-order valence-corrected chi connectivity index (χ0v) is 20.9. The molecule has 31 heavy (non-hydrogen) atoms. The lowest BCUT2D eigenvalue weighted by Gasteiger charge is -2.35. The quantitative estimate of drug-likeness (QED) is 0.347. The molecular weight excluding hydrogens is 507 g/mol. The Labute approximate surface area is 201 Å². The number of hydrogen-bond donors (Lipinski definition) is 1. The maximum absolute atomic E-state index is 11.9. The van der Waals surface area contributed by atoms with Crippen LogP contribution in [0.4, 0.5) is 4.79 Å². The molecular formula is C22H33IN6O2. The van der Waals surface area contributed by atoms with E-state index in [4.69, 9.17) is 9.73 Å². The number of piperazine rings is 1. The van der Waals surface area contributed by atoms with E-state index in [0.717, 1.165) is 38.0 Å². The molecule has 1 fully saturated rings. The Bertz CT molecular complexity index is 861. The van der Waals surface area contributed by atoms with Crippen molar-refractivity contribution in [2.45, 2.75) is 33.9 Å². The molecule has 2 heterocycles. The lowest BCUT2D eigenvalue weighted by molar-refractivity contribution is 0.0914. The fourth-order valence-corrected chi connectivity index (χ4v) is 3.50. The summed E-state index contributed by atoms with van der Waals surface area (Å²) in [6, 6.07) is 8.52. The van der Waals surface area contributed by atoms with E-state index in [1.54, 1.807) is 4.90 Å². The van der Waals surface area contributed by atoms with Crippen LogP contribution in [0.5, 0.6) is 0 Å². The number of rotatable bonds is 6. The molecule has 1 N–H and O–H groups in total. The monoisotopic (exact) mass is 540 g/mol. The van der Waals surface area contributed by atoms with Crippen molar-refractivity contribution in [3.05, 3.63) is 53.6 Å². The van der Waals surface area contributed by atoms with Crippen LogP contribution < -0.4 is 5.32 Å². The Morgan fingerprint density at radius 1 is 1.16 bits per heavy atom. The summed E-state index contributed by atoms with van der Waals surface area (Å²) >= 11 is 0. The second-order valence-corrected chi connectivity index (χ2v) is 7.27. The molecule has 0 radical (unpaired) electrons. The van der Waals surface area contributed by atoms with E-state index in [2.05, 4.69) is 51.0 Å². The highest BCUT2D eigenvalue weighted by atomic mass is 127. The maximum atomic E-state index is 11.9. The number of guanidine groups is 1. The number of carbonyl (C=O) groups is 1.